The maximum atomic E-state index is 11.5. The molecule has 0 aromatic carbocycles. The van der Waals surface area contributed by atoms with Crippen molar-refractivity contribution >= 4 is 5.91 Å². The molecule has 1 aromatic heterocycles. The van der Waals surface area contributed by atoms with Gasteiger partial charge in [0.1, 0.15) is 5.76 Å². The van der Waals surface area contributed by atoms with E-state index in [-0.39, 0.29) is 11.9 Å². The summed E-state index contributed by atoms with van der Waals surface area (Å²) in [5.74, 6) is 0.914. The lowest BCUT2D eigenvalue weighted by molar-refractivity contribution is -0.120. The Hall–Kier alpha value is -1.29. The molecule has 0 aliphatic rings. The lowest BCUT2D eigenvalue weighted by Gasteiger charge is -2.14. The highest BCUT2D eigenvalue weighted by molar-refractivity contribution is 5.78. The summed E-state index contributed by atoms with van der Waals surface area (Å²) in [6.07, 6.45) is 2.37. The van der Waals surface area contributed by atoms with Crippen molar-refractivity contribution in [3.05, 3.63) is 24.2 Å². The third kappa shape index (κ3) is 4.98. The molecule has 1 rings (SSSR count). The Morgan fingerprint density at radius 3 is 2.75 bits per heavy atom. The van der Waals surface area contributed by atoms with Gasteiger partial charge < -0.3 is 15.1 Å². The molecule has 0 saturated carbocycles. The third-order valence-corrected chi connectivity index (χ3v) is 2.17. The first-order valence-electron chi connectivity index (χ1n) is 5.63. The largest absolute Gasteiger partial charge is 0.469 e. The van der Waals surface area contributed by atoms with Crippen LogP contribution in [0.4, 0.5) is 0 Å². The van der Waals surface area contributed by atoms with E-state index in [1.54, 1.807) is 6.26 Å². The number of hydrogen-bond donors (Lipinski definition) is 2. The van der Waals surface area contributed by atoms with Crippen LogP contribution < -0.4 is 10.6 Å². The second-order valence-electron chi connectivity index (χ2n) is 4.29. The lowest BCUT2D eigenvalue weighted by Crippen LogP contribution is -2.41. The number of hydrogen-bond acceptors (Lipinski definition) is 3. The Bertz CT molecular complexity index is 307. The van der Waals surface area contributed by atoms with E-state index in [0.29, 0.717) is 12.6 Å². The molecule has 0 spiro atoms. The van der Waals surface area contributed by atoms with Gasteiger partial charge in [0.15, 0.2) is 0 Å². The molecule has 0 aliphatic carbocycles. The number of rotatable bonds is 6. The molecule has 1 atom stereocenters. The maximum absolute atomic E-state index is 11.5. The average Bonchev–Trinajstić information content (AvgIpc) is 2.67. The molecule has 0 bridgehead atoms. The number of carbonyl (C=O) groups excluding carboxylic acids is 1. The Balaban J connectivity index is 2.23. The van der Waals surface area contributed by atoms with Gasteiger partial charge in [0.2, 0.25) is 5.91 Å². The van der Waals surface area contributed by atoms with E-state index in [2.05, 4.69) is 10.6 Å². The van der Waals surface area contributed by atoms with Crippen LogP contribution in [0.1, 0.15) is 26.5 Å². The van der Waals surface area contributed by atoms with Crippen LogP contribution in [0.2, 0.25) is 0 Å². The smallest absolute Gasteiger partial charge is 0.234 e. The van der Waals surface area contributed by atoms with Gasteiger partial charge in [-0.2, -0.15) is 0 Å². The molecule has 2 N–H and O–H groups in total. The van der Waals surface area contributed by atoms with Crippen LogP contribution in [0.25, 0.3) is 0 Å². The zero-order valence-corrected chi connectivity index (χ0v) is 10.1. The topological polar surface area (TPSA) is 54.3 Å². The molecular weight excluding hydrogens is 204 g/mol. The predicted octanol–water partition coefficient (Wildman–Crippen LogP) is 1.32. The van der Waals surface area contributed by atoms with Crippen molar-refractivity contribution in [1.82, 2.24) is 10.6 Å². The number of amides is 1. The Morgan fingerprint density at radius 1 is 1.44 bits per heavy atom. The van der Waals surface area contributed by atoms with Crippen molar-refractivity contribution in [3.8, 4) is 0 Å². The fourth-order valence-corrected chi connectivity index (χ4v) is 1.40. The molecule has 1 unspecified atom stereocenters. The normalized spacial score (nSPS) is 12.8. The van der Waals surface area contributed by atoms with Crippen LogP contribution in [-0.2, 0) is 11.2 Å². The van der Waals surface area contributed by atoms with Crippen LogP contribution in [0.15, 0.2) is 22.8 Å². The second-order valence-corrected chi connectivity index (χ2v) is 4.29. The summed E-state index contributed by atoms with van der Waals surface area (Å²) in [6.45, 7) is 6.36. The summed E-state index contributed by atoms with van der Waals surface area (Å²) in [4.78, 5) is 11.5. The Morgan fingerprint density at radius 2 is 2.19 bits per heavy atom. The van der Waals surface area contributed by atoms with Crippen LogP contribution in [0.3, 0.4) is 0 Å². The van der Waals surface area contributed by atoms with E-state index in [4.69, 9.17) is 4.42 Å². The fourth-order valence-electron chi connectivity index (χ4n) is 1.40. The number of furan rings is 1. The van der Waals surface area contributed by atoms with Gasteiger partial charge in [-0.05, 0) is 19.1 Å². The molecular formula is C12H20N2O2. The molecule has 1 heterocycles. The molecule has 0 radical (unpaired) electrons. The van der Waals surface area contributed by atoms with Gasteiger partial charge in [-0.25, -0.2) is 0 Å². The van der Waals surface area contributed by atoms with Gasteiger partial charge in [-0.1, -0.05) is 13.8 Å². The van der Waals surface area contributed by atoms with Crippen molar-refractivity contribution in [2.45, 2.75) is 39.3 Å². The molecule has 1 amide bonds. The zero-order valence-electron chi connectivity index (χ0n) is 10.1. The molecule has 90 valence electrons. The van der Waals surface area contributed by atoms with E-state index >= 15 is 0 Å². The van der Waals surface area contributed by atoms with E-state index in [1.807, 2.05) is 32.9 Å². The predicted molar refractivity (Wildman–Crippen MR) is 63.2 cm³/mol. The van der Waals surface area contributed by atoms with E-state index in [0.717, 1.165) is 12.2 Å². The van der Waals surface area contributed by atoms with Gasteiger partial charge in [0, 0.05) is 18.5 Å². The first kappa shape index (κ1) is 12.8. The van der Waals surface area contributed by atoms with Gasteiger partial charge >= 0.3 is 0 Å². The second kappa shape index (κ2) is 6.33. The summed E-state index contributed by atoms with van der Waals surface area (Å²) in [7, 11) is 0. The van der Waals surface area contributed by atoms with E-state index in [1.165, 1.54) is 0 Å². The minimum absolute atomic E-state index is 0.0211. The van der Waals surface area contributed by atoms with Gasteiger partial charge in [0.25, 0.3) is 0 Å². The van der Waals surface area contributed by atoms with Crippen LogP contribution in [0.5, 0.6) is 0 Å². The number of nitrogens with one attached hydrogen (secondary N) is 2. The van der Waals surface area contributed by atoms with Crippen LogP contribution in [0, 0.1) is 0 Å². The molecule has 0 saturated heterocycles. The summed E-state index contributed by atoms with van der Waals surface area (Å²) < 4.78 is 5.22. The molecule has 4 heteroatoms. The zero-order chi connectivity index (χ0) is 12.0. The van der Waals surface area contributed by atoms with Crippen molar-refractivity contribution in [1.29, 1.82) is 0 Å². The molecule has 4 nitrogen and oxygen atoms in total. The maximum Gasteiger partial charge on any atom is 0.234 e. The average molecular weight is 224 g/mol. The molecule has 1 aromatic rings. The lowest BCUT2D eigenvalue weighted by atomic mass is 10.2. The van der Waals surface area contributed by atoms with Gasteiger partial charge in [-0.3, -0.25) is 4.79 Å². The summed E-state index contributed by atoms with van der Waals surface area (Å²) in [6, 6.07) is 4.18. The molecule has 0 aliphatic heterocycles. The van der Waals surface area contributed by atoms with Crippen molar-refractivity contribution < 1.29 is 9.21 Å². The summed E-state index contributed by atoms with van der Waals surface area (Å²) in [5, 5.41) is 5.99. The van der Waals surface area contributed by atoms with Crippen LogP contribution in [-0.4, -0.2) is 24.5 Å². The fraction of sp³-hybridized carbons (Fsp3) is 0.583. The van der Waals surface area contributed by atoms with Gasteiger partial charge in [0.05, 0.1) is 12.8 Å². The number of carbonyl (C=O) groups is 1. The first-order chi connectivity index (χ1) is 7.58. The van der Waals surface area contributed by atoms with Gasteiger partial charge in [-0.15, -0.1) is 0 Å². The highest BCUT2D eigenvalue weighted by Gasteiger charge is 2.09. The monoisotopic (exact) mass is 224 g/mol. The highest BCUT2D eigenvalue weighted by Crippen LogP contribution is 2.03. The Kier molecular flexibility index (Phi) is 5.05. The van der Waals surface area contributed by atoms with Crippen molar-refractivity contribution in [2.24, 2.45) is 0 Å². The summed E-state index contributed by atoms with van der Waals surface area (Å²) >= 11 is 0. The highest BCUT2D eigenvalue weighted by atomic mass is 16.3. The quantitative estimate of drug-likeness (QED) is 0.766. The van der Waals surface area contributed by atoms with Crippen molar-refractivity contribution in [3.63, 3.8) is 0 Å². The van der Waals surface area contributed by atoms with Crippen molar-refractivity contribution in [2.75, 3.05) is 6.54 Å². The molecule has 16 heavy (non-hydrogen) atoms. The minimum Gasteiger partial charge on any atom is -0.469 e. The minimum atomic E-state index is 0.0211. The third-order valence-electron chi connectivity index (χ3n) is 2.17. The summed E-state index contributed by atoms with van der Waals surface area (Å²) in [5.41, 5.74) is 0. The SMILES string of the molecule is CC(C)NCC(=O)NC(C)Cc1ccco1. The molecule has 0 fully saturated rings. The van der Waals surface area contributed by atoms with E-state index < -0.39 is 0 Å². The standard InChI is InChI=1S/C12H20N2O2/c1-9(2)13-8-12(15)14-10(3)7-11-5-4-6-16-11/h4-6,9-10,13H,7-8H2,1-3H3,(H,14,15). The first-order valence-corrected chi connectivity index (χ1v) is 5.63. The van der Waals surface area contributed by atoms with Crippen LogP contribution >= 0.6 is 0 Å². The Labute approximate surface area is 96.4 Å². The van der Waals surface area contributed by atoms with E-state index in [9.17, 15) is 4.79 Å².